The lowest BCUT2D eigenvalue weighted by molar-refractivity contribution is 0.596. The van der Waals surface area contributed by atoms with E-state index >= 15 is 0 Å². The number of hydrogen-bond acceptors (Lipinski definition) is 4. The summed E-state index contributed by atoms with van der Waals surface area (Å²) in [6.45, 7) is 9.88. The molecule has 0 fully saturated rings. The highest BCUT2D eigenvalue weighted by atomic mass is 32.2. The molecule has 3 aromatic rings. The third-order valence-corrected chi connectivity index (χ3v) is 7.35. The van der Waals surface area contributed by atoms with E-state index in [4.69, 9.17) is 5.26 Å². The van der Waals surface area contributed by atoms with Gasteiger partial charge in [0.2, 0.25) is 0 Å². The Morgan fingerprint density at radius 2 is 1.53 bits per heavy atom. The molecule has 6 nitrogen and oxygen atoms in total. The van der Waals surface area contributed by atoms with Crippen molar-refractivity contribution in [2.24, 2.45) is 0 Å². The fraction of sp³-hybridized carbons (Fsp3) is 0.304. The molecule has 2 aromatic carbocycles. The fourth-order valence-electron chi connectivity index (χ4n) is 3.63. The summed E-state index contributed by atoms with van der Waals surface area (Å²) < 4.78 is 31.1. The molecule has 3 rings (SSSR count). The lowest BCUT2D eigenvalue weighted by Gasteiger charge is -2.19. The molecular formula is C23H26N4O2S. The monoisotopic (exact) mass is 422 g/mol. The van der Waals surface area contributed by atoms with E-state index < -0.39 is 10.0 Å². The fourth-order valence-corrected chi connectivity index (χ4v) is 5.29. The van der Waals surface area contributed by atoms with Crippen LogP contribution in [0, 0.1) is 45.9 Å². The largest absolute Gasteiger partial charge is 0.264 e. The van der Waals surface area contributed by atoms with Crippen molar-refractivity contribution in [3.05, 3.63) is 64.2 Å². The molecule has 1 aromatic heterocycles. The van der Waals surface area contributed by atoms with Crippen LogP contribution in [0.4, 0.5) is 5.82 Å². The molecule has 1 N–H and O–H groups in total. The normalized spacial score (nSPS) is 11.3. The van der Waals surface area contributed by atoms with Crippen molar-refractivity contribution in [2.45, 2.75) is 52.5 Å². The molecule has 1 heterocycles. The predicted octanol–water partition coefficient (Wildman–Crippen LogP) is 4.81. The SMILES string of the molecule is Cc1c(C)c(C)c(S(=O)(=O)Nc2cc(-c3ccccc3)nn2CCC#N)c(C)c1C. The summed E-state index contributed by atoms with van der Waals surface area (Å²) in [5, 5.41) is 13.5. The van der Waals surface area contributed by atoms with Gasteiger partial charge in [-0.25, -0.2) is 13.1 Å². The summed E-state index contributed by atoms with van der Waals surface area (Å²) in [5.41, 5.74) is 6.07. The van der Waals surface area contributed by atoms with E-state index in [1.165, 1.54) is 0 Å². The van der Waals surface area contributed by atoms with Gasteiger partial charge in [-0.2, -0.15) is 10.4 Å². The molecular weight excluding hydrogens is 396 g/mol. The van der Waals surface area contributed by atoms with E-state index in [0.29, 0.717) is 23.0 Å². The van der Waals surface area contributed by atoms with Crippen LogP contribution in [-0.2, 0) is 16.6 Å². The van der Waals surface area contributed by atoms with Crippen LogP contribution < -0.4 is 4.72 Å². The number of aryl methyl sites for hydroxylation is 1. The summed E-state index contributed by atoms with van der Waals surface area (Å²) in [4.78, 5) is 0.303. The molecule has 7 heteroatoms. The molecule has 0 saturated carbocycles. The van der Waals surface area contributed by atoms with Crippen molar-refractivity contribution >= 4 is 15.8 Å². The molecule has 0 amide bonds. The summed E-state index contributed by atoms with van der Waals surface area (Å²) in [6.07, 6.45) is 0.228. The van der Waals surface area contributed by atoms with E-state index in [2.05, 4.69) is 15.9 Å². The van der Waals surface area contributed by atoms with Crippen molar-refractivity contribution in [1.29, 1.82) is 5.26 Å². The van der Waals surface area contributed by atoms with Crippen LogP contribution in [0.1, 0.15) is 34.2 Å². The van der Waals surface area contributed by atoms with E-state index in [1.807, 2.05) is 65.0 Å². The third-order valence-electron chi connectivity index (χ3n) is 5.72. The van der Waals surface area contributed by atoms with Gasteiger partial charge >= 0.3 is 0 Å². The maximum absolute atomic E-state index is 13.4. The number of sulfonamides is 1. The van der Waals surface area contributed by atoms with Crippen LogP contribution in [-0.4, -0.2) is 18.2 Å². The molecule has 0 unspecified atom stereocenters. The minimum atomic E-state index is -3.85. The minimum Gasteiger partial charge on any atom is -0.264 e. The Kier molecular flexibility index (Phi) is 5.99. The van der Waals surface area contributed by atoms with Gasteiger partial charge in [0.05, 0.1) is 29.6 Å². The Hall–Kier alpha value is -3.11. The van der Waals surface area contributed by atoms with Crippen LogP contribution in [0.3, 0.4) is 0 Å². The van der Waals surface area contributed by atoms with E-state index in [0.717, 1.165) is 33.4 Å². The lowest BCUT2D eigenvalue weighted by atomic mass is 9.95. The summed E-state index contributed by atoms with van der Waals surface area (Å²) in [5.74, 6) is 0.346. The topological polar surface area (TPSA) is 87.8 Å². The zero-order chi connectivity index (χ0) is 22.1. The molecule has 30 heavy (non-hydrogen) atoms. The molecule has 0 atom stereocenters. The number of nitrogens with zero attached hydrogens (tertiary/aromatic N) is 3. The third kappa shape index (κ3) is 3.96. The smallest absolute Gasteiger partial charge is 0.263 e. The van der Waals surface area contributed by atoms with E-state index in [1.54, 1.807) is 10.7 Å². The van der Waals surface area contributed by atoms with Gasteiger partial charge in [-0.1, -0.05) is 30.3 Å². The molecule has 156 valence electrons. The first-order valence-electron chi connectivity index (χ1n) is 9.77. The average molecular weight is 423 g/mol. The van der Waals surface area contributed by atoms with Crippen molar-refractivity contribution in [2.75, 3.05) is 4.72 Å². The highest BCUT2D eigenvalue weighted by Gasteiger charge is 2.25. The van der Waals surface area contributed by atoms with Gasteiger partial charge in [-0.15, -0.1) is 0 Å². The quantitative estimate of drug-likeness (QED) is 0.618. The second-order valence-electron chi connectivity index (χ2n) is 7.47. The zero-order valence-corrected chi connectivity index (χ0v) is 18.8. The minimum absolute atomic E-state index is 0.228. The summed E-state index contributed by atoms with van der Waals surface area (Å²) >= 11 is 0. The Labute approximate surface area is 178 Å². The maximum atomic E-state index is 13.4. The Morgan fingerprint density at radius 1 is 0.967 bits per heavy atom. The average Bonchev–Trinajstić information content (AvgIpc) is 3.11. The van der Waals surface area contributed by atoms with Crippen LogP contribution in [0.15, 0.2) is 41.3 Å². The van der Waals surface area contributed by atoms with E-state index in [9.17, 15) is 8.42 Å². The predicted molar refractivity (Wildman–Crippen MR) is 119 cm³/mol. The first kappa shape index (κ1) is 21.6. The molecule has 0 bridgehead atoms. The Bertz CT molecular complexity index is 1210. The standard InChI is InChI=1S/C23H26N4O2S/c1-15-16(2)18(4)23(19(5)17(15)3)30(28,29)26-22-14-21(20-10-7-6-8-11-20)25-27(22)13-9-12-24/h6-8,10-11,14,26H,9,13H2,1-5H3. The molecule has 0 aliphatic rings. The maximum Gasteiger partial charge on any atom is 0.263 e. The van der Waals surface area contributed by atoms with Gasteiger partial charge in [0.1, 0.15) is 5.82 Å². The number of hydrogen-bond donors (Lipinski definition) is 1. The zero-order valence-electron chi connectivity index (χ0n) is 17.9. The first-order valence-corrected chi connectivity index (χ1v) is 11.3. The lowest BCUT2D eigenvalue weighted by Crippen LogP contribution is -2.20. The number of rotatable bonds is 6. The van der Waals surface area contributed by atoms with Gasteiger partial charge in [0.25, 0.3) is 10.0 Å². The van der Waals surface area contributed by atoms with Gasteiger partial charge in [-0.3, -0.25) is 4.72 Å². The summed E-state index contributed by atoms with van der Waals surface area (Å²) in [6, 6.07) is 13.3. The number of benzene rings is 2. The highest BCUT2D eigenvalue weighted by molar-refractivity contribution is 7.92. The van der Waals surface area contributed by atoms with Crippen LogP contribution in [0.25, 0.3) is 11.3 Å². The highest BCUT2D eigenvalue weighted by Crippen LogP contribution is 2.31. The van der Waals surface area contributed by atoms with Crippen molar-refractivity contribution < 1.29 is 8.42 Å². The van der Waals surface area contributed by atoms with Crippen molar-refractivity contribution in [3.8, 4) is 17.3 Å². The van der Waals surface area contributed by atoms with Crippen LogP contribution in [0.5, 0.6) is 0 Å². The Balaban J connectivity index is 2.09. The number of anilines is 1. The second-order valence-corrected chi connectivity index (χ2v) is 9.09. The van der Waals surface area contributed by atoms with Crippen LogP contribution >= 0.6 is 0 Å². The van der Waals surface area contributed by atoms with Gasteiger partial charge in [0.15, 0.2) is 0 Å². The number of nitriles is 1. The van der Waals surface area contributed by atoms with Gasteiger partial charge in [0, 0.05) is 11.6 Å². The van der Waals surface area contributed by atoms with Crippen molar-refractivity contribution in [1.82, 2.24) is 9.78 Å². The first-order chi connectivity index (χ1) is 14.2. The molecule has 0 radical (unpaired) electrons. The summed E-state index contributed by atoms with van der Waals surface area (Å²) in [7, 11) is -3.85. The Morgan fingerprint density at radius 3 is 2.10 bits per heavy atom. The molecule has 0 saturated heterocycles. The number of nitrogens with one attached hydrogen (secondary N) is 1. The molecule has 0 aliphatic heterocycles. The number of aromatic nitrogens is 2. The van der Waals surface area contributed by atoms with E-state index in [-0.39, 0.29) is 6.42 Å². The van der Waals surface area contributed by atoms with Crippen molar-refractivity contribution in [3.63, 3.8) is 0 Å². The van der Waals surface area contributed by atoms with Gasteiger partial charge < -0.3 is 0 Å². The molecule has 0 spiro atoms. The molecule has 0 aliphatic carbocycles. The van der Waals surface area contributed by atoms with Crippen LogP contribution in [0.2, 0.25) is 0 Å². The van der Waals surface area contributed by atoms with Gasteiger partial charge in [-0.05, 0) is 62.4 Å². The second kappa shape index (κ2) is 8.33.